The first-order chi connectivity index (χ1) is 9.56. The summed E-state index contributed by atoms with van der Waals surface area (Å²) in [6.45, 7) is 5.40. The van der Waals surface area contributed by atoms with Crippen LogP contribution in [0.4, 0.5) is 0 Å². The zero-order valence-corrected chi connectivity index (χ0v) is 12.1. The smallest absolute Gasteiger partial charge is 0.245 e. The summed E-state index contributed by atoms with van der Waals surface area (Å²) >= 11 is 0. The van der Waals surface area contributed by atoms with E-state index in [0.29, 0.717) is 31.8 Å². The molecule has 1 fully saturated rings. The molecule has 1 saturated heterocycles. The van der Waals surface area contributed by atoms with Crippen LogP contribution in [0.3, 0.4) is 0 Å². The van der Waals surface area contributed by atoms with Crippen molar-refractivity contribution in [1.29, 1.82) is 0 Å². The maximum atomic E-state index is 12.5. The van der Waals surface area contributed by atoms with Crippen molar-refractivity contribution in [3.8, 4) is 0 Å². The molecule has 1 N–H and O–H groups in total. The van der Waals surface area contributed by atoms with Crippen LogP contribution in [0.25, 0.3) is 0 Å². The molecular weight excluding hydrogens is 252 g/mol. The summed E-state index contributed by atoms with van der Waals surface area (Å²) in [7, 11) is 0. The van der Waals surface area contributed by atoms with Crippen molar-refractivity contribution in [3.63, 3.8) is 0 Å². The Bertz CT molecular complexity index is 471. The van der Waals surface area contributed by atoms with Crippen molar-refractivity contribution in [2.24, 2.45) is 5.92 Å². The molecule has 1 heterocycles. The molecule has 0 aliphatic carbocycles. The van der Waals surface area contributed by atoms with Gasteiger partial charge in [0.1, 0.15) is 6.04 Å². The Kier molecular flexibility index (Phi) is 4.77. The zero-order valence-electron chi connectivity index (χ0n) is 12.1. The highest BCUT2D eigenvalue weighted by atomic mass is 16.2. The molecule has 108 valence electrons. The van der Waals surface area contributed by atoms with Gasteiger partial charge < -0.3 is 10.2 Å². The Morgan fingerprint density at radius 3 is 2.60 bits per heavy atom. The predicted molar refractivity (Wildman–Crippen MR) is 78.1 cm³/mol. The number of nitrogens with zero attached hydrogens (tertiary/aromatic N) is 1. The van der Waals surface area contributed by atoms with E-state index < -0.39 is 6.04 Å². The van der Waals surface area contributed by atoms with Gasteiger partial charge in [-0.05, 0) is 11.5 Å². The van der Waals surface area contributed by atoms with Crippen LogP contribution in [0.1, 0.15) is 25.8 Å². The van der Waals surface area contributed by atoms with E-state index >= 15 is 0 Å². The van der Waals surface area contributed by atoms with E-state index in [2.05, 4.69) is 19.2 Å². The first-order valence-corrected chi connectivity index (χ1v) is 7.18. The fourth-order valence-corrected chi connectivity index (χ4v) is 2.51. The van der Waals surface area contributed by atoms with Gasteiger partial charge in [0.2, 0.25) is 11.8 Å². The van der Waals surface area contributed by atoms with Crippen LogP contribution in [0, 0.1) is 5.92 Å². The molecule has 1 aliphatic rings. The minimum absolute atomic E-state index is 0.0356. The molecule has 0 radical (unpaired) electrons. The van der Waals surface area contributed by atoms with Crippen molar-refractivity contribution < 1.29 is 9.59 Å². The van der Waals surface area contributed by atoms with Crippen LogP contribution in [0.5, 0.6) is 0 Å². The average molecular weight is 274 g/mol. The van der Waals surface area contributed by atoms with Crippen LogP contribution in [-0.4, -0.2) is 35.8 Å². The molecule has 1 aromatic rings. The second-order valence-electron chi connectivity index (χ2n) is 5.74. The molecule has 0 bridgehead atoms. The third-order valence-electron chi connectivity index (χ3n) is 3.42. The van der Waals surface area contributed by atoms with Gasteiger partial charge >= 0.3 is 0 Å². The van der Waals surface area contributed by atoms with Gasteiger partial charge in [0.15, 0.2) is 0 Å². The molecule has 1 aromatic carbocycles. The summed E-state index contributed by atoms with van der Waals surface area (Å²) in [5.74, 6) is 0.406. The lowest BCUT2D eigenvalue weighted by Crippen LogP contribution is -2.46. The SMILES string of the molecule is CC(C)CN1CCC(=O)N[C@@H](Cc2ccccc2)C1=O. The van der Waals surface area contributed by atoms with Crippen LogP contribution in [0.15, 0.2) is 30.3 Å². The normalized spacial score (nSPS) is 19.9. The van der Waals surface area contributed by atoms with E-state index in [-0.39, 0.29) is 11.8 Å². The van der Waals surface area contributed by atoms with Gasteiger partial charge in [-0.25, -0.2) is 0 Å². The molecule has 1 aliphatic heterocycles. The topological polar surface area (TPSA) is 49.4 Å². The number of hydrogen-bond donors (Lipinski definition) is 1. The molecule has 4 nitrogen and oxygen atoms in total. The fraction of sp³-hybridized carbons (Fsp3) is 0.500. The molecule has 4 heteroatoms. The highest BCUT2D eigenvalue weighted by molar-refractivity contribution is 5.90. The zero-order chi connectivity index (χ0) is 14.5. The van der Waals surface area contributed by atoms with Gasteiger partial charge in [-0.3, -0.25) is 9.59 Å². The molecule has 1 atom stereocenters. The molecule has 0 unspecified atom stereocenters. The van der Waals surface area contributed by atoms with Crippen LogP contribution >= 0.6 is 0 Å². The Morgan fingerprint density at radius 1 is 1.25 bits per heavy atom. The molecule has 0 spiro atoms. The molecule has 0 aromatic heterocycles. The van der Waals surface area contributed by atoms with Crippen LogP contribution in [0.2, 0.25) is 0 Å². The van der Waals surface area contributed by atoms with Crippen LogP contribution in [-0.2, 0) is 16.0 Å². The number of hydrogen-bond acceptors (Lipinski definition) is 2. The Labute approximate surface area is 120 Å². The number of benzene rings is 1. The number of nitrogens with one attached hydrogen (secondary N) is 1. The van der Waals surface area contributed by atoms with Crippen molar-refractivity contribution in [1.82, 2.24) is 10.2 Å². The third kappa shape index (κ3) is 3.83. The van der Waals surface area contributed by atoms with Gasteiger partial charge in [0.25, 0.3) is 0 Å². The maximum Gasteiger partial charge on any atom is 0.245 e. The largest absolute Gasteiger partial charge is 0.344 e. The quantitative estimate of drug-likeness (QED) is 0.906. The van der Waals surface area contributed by atoms with Gasteiger partial charge in [-0.1, -0.05) is 44.2 Å². The van der Waals surface area contributed by atoms with E-state index in [0.717, 1.165) is 5.56 Å². The van der Waals surface area contributed by atoms with Crippen molar-refractivity contribution in [2.45, 2.75) is 32.7 Å². The highest BCUT2D eigenvalue weighted by Gasteiger charge is 2.29. The van der Waals surface area contributed by atoms with E-state index in [1.165, 1.54) is 0 Å². The monoisotopic (exact) mass is 274 g/mol. The summed E-state index contributed by atoms with van der Waals surface area (Å²) < 4.78 is 0. The molecule has 2 amide bonds. The maximum absolute atomic E-state index is 12.5. The van der Waals surface area contributed by atoms with Crippen molar-refractivity contribution >= 4 is 11.8 Å². The minimum atomic E-state index is -0.439. The number of carbonyl (C=O) groups is 2. The van der Waals surface area contributed by atoms with Crippen molar-refractivity contribution in [3.05, 3.63) is 35.9 Å². The minimum Gasteiger partial charge on any atom is -0.344 e. The fourth-order valence-electron chi connectivity index (χ4n) is 2.51. The number of carbonyl (C=O) groups excluding carboxylic acids is 2. The van der Waals surface area contributed by atoms with E-state index in [9.17, 15) is 9.59 Å². The Hall–Kier alpha value is -1.84. The first kappa shape index (κ1) is 14.6. The Balaban J connectivity index is 2.12. The van der Waals surface area contributed by atoms with Crippen LogP contribution < -0.4 is 5.32 Å². The van der Waals surface area contributed by atoms with E-state index in [1.807, 2.05) is 35.2 Å². The second kappa shape index (κ2) is 6.55. The van der Waals surface area contributed by atoms with E-state index in [4.69, 9.17) is 0 Å². The second-order valence-corrected chi connectivity index (χ2v) is 5.74. The number of amides is 2. The lowest BCUT2D eigenvalue weighted by molar-refractivity contribution is -0.133. The molecule has 20 heavy (non-hydrogen) atoms. The lowest BCUT2D eigenvalue weighted by atomic mass is 10.0. The lowest BCUT2D eigenvalue weighted by Gasteiger charge is -2.25. The molecule has 2 rings (SSSR count). The van der Waals surface area contributed by atoms with Gasteiger partial charge in [-0.2, -0.15) is 0 Å². The standard InChI is InChI=1S/C16H22N2O2/c1-12(2)11-18-9-8-15(19)17-14(16(18)20)10-13-6-4-3-5-7-13/h3-7,12,14H,8-11H2,1-2H3,(H,17,19)/t14-/m0/s1. The summed E-state index contributed by atoms with van der Waals surface area (Å²) in [4.78, 5) is 26.1. The first-order valence-electron chi connectivity index (χ1n) is 7.18. The third-order valence-corrected chi connectivity index (χ3v) is 3.42. The summed E-state index contributed by atoms with van der Waals surface area (Å²) in [5, 5.41) is 2.85. The molecular formula is C16H22N2O2. The predicted octanol–water partition coefficient (Wildman–Crippen LogP) is 1.60. The highest BCUT2D eigenvalue weighted by Crippen LogP contribution is 2.11. The summed E-state index contributed by atoms with van der Waals surface area (Å²) in [5.41, 5.74) is 1.07. The average Bonchev–Trinajstić information content (AvgIpc) is 2.53. The van der Waals surface area contributed by atoms with Gasteiger partial charge in [-0.15, -0.1) is 0 Å². The van der Waals surface area contributed by atoms with Gasteiger partial charge in [0.05, 0.1) is 0 Å². The Morgan fingerprint density at radius 2 is 1.95 bits per heavy atom. The van der Waals surface area contributed by atoms with Gasteiger partial charge in [0, 0.05) is 25.9 Å². The number of rotatable bonds is 4. The summed E-state index contributed by atoms with van der Waals surface area (Å²) in [6.07, 6.45) is 0.948. The van der Waals surface area contributed by atoms with Crippen molar-refractivity contribution in [2.75, 3.05) is 13.1 Å². The summed E-state index contributed by atoms with van der Waals surface area (Å²) in [6, 6.07) is 9.37. The molecule has 0 saturated carbocycles. The van der Waals surface area contributed by atoms with E-state index in [1.54, 1.807) is 0 Å².